The number of nitro groups is 1. The normalized spacial score (nSPS) is 16.7. The molecule has 0 spiro atoms. The number of aromatic nitrogens is 5. The fraction of sp³-hybridized carbons (Fsp3) is 0.395. The lowest BCUT2D eigenvalue weighted by molar-refractivity contribution is -0.565. The fourth-order valence-electron chi connectivity index (χ4n) is 11.4. The SMILES string of the molecule is C=C[C@@H]1C[C@]1(NC(=O)[C@@H]1C[C@@H](Oc2cc(-c3ccc(OC)cc3)nc3c(C)noc23)CN1C(=O)[C@@H](NC(=O)OC(C)(C)C)C(C)(C)C)C(=O)NS(=O)(=O)C1CC1.COc1ccc(-c2ccc3onc(C)c3[n+]2[O-])cc1.COc1ccc(CC=O)cc1.COc1ccc(CCO)cc1.Cc1noc(C)c1[N+](=O)[O-]. The third kappa shape index (κ3) is 20.7. The molecule has 2 aliphatic carbocycles. The Morgan fingerprint density at radius 3 is 1.81 bits per heavy atom. The number of hydrogen-bond donors (Lipinski definition) is 4. The Hall–Kier alpha value is -11.5. The third-order valence-electron chi connectivity index (χ3n) is 17.4. The number of methoxy groups -OCH3 is 4. The number of pyridine rings is 2. The summed E-state index contributed by atoms with van der Waals surface area (Å²) in [6, 6.07) is 32.6. The molecule has 5 atom stereocenters. The van der Waals surface area contributed by atoms with Gasteiger partial charge >= 0.3 is 11.8 Å². The maximum Gasteiger partial charge on any atom is 0.408 e. The minimum atomic E-state index is -3.93. The van der Waals surface area contributed by atoms with Gasteiger partial charge in [0.2, 0.25) is 44.5 Å². The minimum Gasteiger partial charge on any atom is -0.618 e. The summed E-state index contributed by atoms with van der Waals surface area (Å²) in [6.45, 7) is 20.8. The molecule has 4 N–H and O–H groups in total. The number of alkyl carbamates (subject to hydrolysis) is 1. The summed E-state index contributed by atoms with van der Waals surface area (Å²) in [4.78, 5) is 81.5. The van der Waals surface area contributed by atoms with Crippen molar-refractivity contribution in [2.75, 3.05) is 41.6 Å². The molecule has 0 unspecified atom stereocenters. The number of aryl methyl sites for hydroxylation is 4. The Bertz CT molecular complexity index is 4700. The lowest BCUT2D eigenvalue weighted by Gasteiger charge is -2.36. The molecule has 5 aromatic heterocycles. The van der Waals surface area contributed by atoms with Crippen LogP contribution in [0.5, 0.6) is 28.7 Å². The van der Waals surface area contributed by atoms with Crippen LogP contribution in [-0.2, 0) is 46.8 Å². The van der Waals surface area contributed by atoms with Crippen molar-refractivity contribution in [3.05, 3.63) is 177 Å². The summed E-state index contributed by atoms with van der Waals surface area (Å²) in [5, 5.41) is 47.3. The van der Waals surface area contributed by atoms with E-state index in [2.05, 4.69) is 41.9 Å². The Kier molecular flexibility index (Phi) is 26.6. The number of aliphatic hydroxyl groups is 1. The van der Waals surface area contributed by atoms with Gasteiger partial charge in [-0.15, -0.1) is 6.58 Å². The molecule has 3 fully saturated rings. The van der Waals surface area contributed by atoms with Gasteiger partial charge in [0.15, 0.2) is 17.1 Å². The molecule has 0 bridgehead atoms. The van der Waals surface area contributed by atoms with E-state index in [-0.39, 0.29) is 48.8 Å². The number of carbonyl (C=O) groups excluding carboxylic acids is 5. The molecule has 31 heteroatoms. The van der Waals surface area contributed by atoms with Gasteiger partial charge < -0.3 is 72.6 Å². The molecule has 2 saturated carbocycles. The average molecular weight is 1500 g/mol. The summed E-state index contributed by atoms with van der Waals surface area (Å²) in [6.07, 6.45) is 2.92. The standard InChI is InChI=1S/C39H50N6O10S.C14H12N2O3.C9H12O2.C9H10O2.C5H6N2O3/c1-10-23-19-39(23,35(48)44-56(50,51)26-15-16-26)42-33(46)28-17-25(20-45(28)34(47)32(37(3,4)5)41-36(49)54-38(6,7)8)53-29-18-27(22-11-13-24(52-9)14-12-22)40-30-21(2)43-55-31(29)30;1-9-14-13(19-15-9)8-7-12(16(14)17)10-3-5-11(18-2)6-4-10;2*1-11-9-4-2-8(3-5-9)6-7-10;1-3-5(7(8)9)4(2)10-6-3/h10-14,18,23,25-26,28,32H,1,15-17,19-20H2,2-9H3,(H,41,49)(H,42,46)(H,44,48);3-8H,1-2H3;2-5,10H,6-7H2,1H3;2-5,7H,6H2,1H3;1-2H3/t23-,25-,28+,32-,39-;;;;/m1..../s1. The van der Waals surface area contributed by atoms with Crippen LogP contribution >= 0.6 is 0 Å². The van der Waals surface area contributed by atoms with Gasteiger partial charge in [0.05, 0.1) is 50.9 Å². The second kappa shape index (κ2) is 35.1. The van der Waals surface area contributed by atoms with E-state index in [4.69, 9.17) is 47.6 Å². The number of fused-ring (bicyclic) bond motifs is 2. The van der Waals surface area contributed by atoms with Gasteiger partial charge in [0.25, 0.3) is 11.4 Å². The highest BCUT2D eigenvalue weighted by molar-refractivity contribution is 7.91. The van der Waals surface area contributed by atoms with E-state index in [1.165, 1.54) is 24.8 Å². The van der Waals surface area contributed by atoms with Crippen LogP contribution in [0.1, 0.15) is 101 Å². The average Bonchev–Trinajstić information content (AvgIpc) is 1.57. The van der Waals surface area contributed by atoms with Crippen LogP contribution in [0.2, 0.25) is 0 Å². The van der Waals surface area contributed by atoms with Gasteiger partial charge in [-0.05, 0) is 163 Å². The van der Waals surface area contributed by atoms with Crippen LogP contribution < -0.4 is 43.8 Å². The Balaban J connectivity index is 0.000000224. The number of carbonyl (C=O) groups is 5. The molecule has 30 nitrogen and oxygen atoms in total. The largest absolute Gasteiger partial charge is 0.618 e. The summed E-state index contributed by atoms with van der Waals surface area (Å²) in [7, 11) is 2.51. The van der Waals surface area contributed by atoms with Crippen LogP contribution in [0.4, 0.5) is 10.5 Å². The summed E-state index contributed by atoms with van der Waals surface area (Å²) >= 11 is 0. The first-order chi connectivity index (χ1) is 50.7. The molecule has 9 aromatic rings. The molecule has 0 radical (unpaired) electrons. The Morgan fingerprint density at radius 2 is 1.33 bits per heavy atom. The summed E-state index contributed by atoms with van der Waals surface area (Å²) in [5.41, 5.74) is 4.63. The molecular weight excluding hydrogens is 1400 g/mol. The number of sulfonamides is 1. The quantitative estimate of drug-likeness (QED) is 0.0130. The number of aliphatic hydroxyl groups excluding tert-OH is 1. The first-order valence-electron chi connectivity index (χ1n) is 34.1. The number of nitrogens with one attached hydrogen (secondary N) is 3. The second-order valence-electron chi connectivity index (χ2n) is 27.5. The Morgan fingerprint density at radius 1 is 0.776 bits per heavy atom. The van der Waals surface area contributed by atoms with Crippen LogP contribution in [0.15, 0.2) is 141 Å². The van der Waals surface area contributed by atoms with Gasteiger partial charge in [-0.2, -0.15) is 4.73 Å². The third-order valence-corrected chi connectivity index (χ3v) is 19.2. The fourth-order valence-corrected chi connectivity index (χ4v) is 12.8. The van der Waals surface area contributed by atoms with Crippen molar-refractivity contribution >= 4 is 68.0 Å². The van der Waals surface area contributed by atoms with E-state index in [1.807, 2.05) is 84.9 Å². The van der Waals surface area contributed by atoms with E-state index >= 15 is 0 Å². The van der Waals surface area contributed by atoms with Crippen molar-refractivity contribution in [3.8, 4) is 51.3 Å². The first-order valence-corrected chi connectivity index (χ1v) is 35.7. The number of hydrogen-bond acceptors (Lipinski definition) is 24. The first kappa shape index (κ1) is 81.2. The molecule has 12 rings (SSSR count). The lowest BCUT2D eigenvalue weighted by Crippen LogP contribution is -2.60. The van der Waals surface area contributed by atoms with Gasteiger partial charge in [-0.1, -0.05) is 66.6 Å². The van der Waals surface area contributed by atoms with E-state index in [9.17, 15) is 47.7 Å². The van der Waals surface area contributed by atoms with Crippen molar-refractivity contribution in [1.82, 2.24) is 40.7 Å². The molecular formula is C76H90N10O20S. The Labute approximate surface area is 618 Å². The van der Waals surface area contributed by atoms with E-state index in [0.29, 0.717) is 76.5 Å². The highest BCUT2D eigenvalue weighted by atomic mass is 32.2. The maximum absolute atomic E-state index is 14.6. The van der Waals surface area contributed by atoms with Gasteiger partial charge in [-0.25, -0.2) is 18.2 Å². The van der Waals surface area contributed by atoms with Crippen molar-refractivity contribution in [2.45, 2.75) is 142 Å². The van der Waals surface area contributed by atoms with Crippen LogP contribution in [0, 0.1) is 54.3 Å². The highest BCUT2D eigenvalue weighted by Gasteiger charge is 2.62. The highest BCUT2D eigenvalue weighted by Crippen LogP contribution is 2.46. The zero-order chi connectivity index (χ0) is 78.3. The zero-order valence-electron chi connectivity index (χ0n) is 62.1. The van der Waals surface area contributed by atoms with Crippen molar-refractivity contribution in [1.29, 1.82) is 0 Å². The molecule has 1 aliphatic heterocycles. The second-order valence-corrected chi connectivity index (χ2v) is 29.4. The smallest absolute Gasteiger partial charge is 0.408 e. The molecule has 570 valence electrons. The molecule has 4 amide bonds. The zero-order valence-corrected chi connectivity index (χ0v) is 62.9. The predicted octanol–water partition coefficient (Wildman–Crippen LogP) is 10.5. The van der Waals surface area contributed by atoms with E-state index < -0.39 is 84.7 Å². The summed E-state index contributed by atoms with van der Waals surface area (Å²) < 4.78 is 76.2. The van der Waals surface area contributed by atoms with Crippen molar-refractivity contribution in [3.63, 3.8) is 0 Å². The maximum atomic E-state index is 14.6. The number of rotatable bonds is 21. The van der Waals surface area contributed by atoms with Gasteiger partial charge in [-0.3, -0.25) is 29.2 Å². The molecule has 3 aliphatic rings. The minimum absolute atomic E-state index is 0.0278. The topological polar surface area (TPSA) is 395 Å². The molecule has 4 aromatic carbocycles. The van der Waals surface area contributed by atoms with E-state index in [1.54, 1.807) is 114 Å². The monoisotopic (exact) mass is 1490 g/mol. The molecule has 6 heterocycles. The van der Waals surface area contributed by atoms with Crippen molar-refractivity contribution < 1.29 is 89.1 Å². The number of aldehydes is 1. The van der Waals surface area contributed by atoms with Gasteiger partial charge in [0.1, 0.15) is 69.8 Å². The van der Waals surface area contributed by atoms with E-state index in [0.717, 1.165) is 50.5 Å². The number of likely N-dealkylation sites (tertiary alicyclic amines) is 1. The number of amides is 4. The van der Waals surface area contributed by atoms with Crippen LogP contribution in [0.25, 0.3) is 44.7 Å². The van der Waals surface area contributed by atoms with Crippen molar-refractivity contribution in [2.24, 2.45) is 11.3 Å². The summed E-state index contributed by atoms with van der Waals surface area (Å²) in [5.74, 6) is 0.909. The number of benzene rings is 4. The molecule has 1 saturated heterocycles. The van der Waals surface area contributed by atoms with Gasteiger partial charge in [0, 0.05) is 55.5 Å². The number of nitrogens with zero attached hydrogens (tertiary/aromatic N) is 7. The van der Waals surface area contributed by atoms with Crippen LogP contribution in [0.3, 0.4) is 0 Å². The molecule has 107 heavy (non-hydrogen) atoms. The lowest BCUT2D eigenvalue weighted by atomic mass is 9.85. The number of ether oxygens (including phenoxy) is 6. The van der Waals surface area contributed by atoms with Crippen LogP contribution in [-0.4, -0.2) is 150 Å². The predicted molar refractivity (Wildman–Crippen MR) is 394 cm³/mol.